The lowest BCUT2D eigenvalue weighted by atomic mass is 9.70. The van der Waals surface area contributed by atoms with Crippen LogP contribution in [-0.2, 0) is 5.41 Å². The van der Waals surface area contributed by atoms with Gasteiger partial charge in [0.15, 0.2) is 0 Å². The van der Waals surface area contributed by atoms with Gasteiger partial charge in [-0.2, -0.15) is 0 Å². The number of para-hydroxylation sites is 1. The first-order valence-electron chi connectivity index (χ1n) is 28.1. The van der Waals surface area contributed by atoms with E-state index in [0.29, 0.717) is 0 Å². The molecule has 17 rings (SSSR count). The second kappa shape index (κ2) is 17.7. The Kier molecular flexibility index (Phi) is 9.96. The van der Waals surface area contributed by atoms with Crippen molar-refractivity contribution in [3.63, 3.8) is 0 Å². The molecule has 15 aromatic rings. The summed E-state index contributed by atoms with van der Waals surface area (Å²) in [5.74, 6) is 0. The van der Waals surface area contributed by atoms with Crippen molar-refractivity contribution in [3.8, 4) is 89.3 Å². The maximum atomic E-state index is 2.51. The number of rotatable bonds is 7. The Bertz CT molecular complexity index is 4920. The first kappa shape index (κ1) is 45.5. The molecule has 0 unspecified atom stereocenters. The van der Waals surface area contributed by atoms with Gasteiger partial charge >= 0.3 is 0 Å². The highest BCUT2D eigenvalue weighted by Gasteiger charge is 2.51. The van der Waals surface area contributed by atoms with Crippen LogP contribution in [0.25, 0.3) is 133 Å². The summed E-state index contributed by atoms with van der Waals surface area (Å²) < 4.78 is 4.96. The molecule has 2 aromatic heterocycles. The zero-order valence-electron chi connectivity index (χ0n) is 44.3. The summed E-state index contributed by atoms with van der Waals surface area (Å²) in [5, 5.41) is 4.90. The number of hydrogen-bond acceptors (Lipinski definition) is 0. The maximum absolute atomic E-state index is 2.51. The summed E-state index contributed by atoms with van der Waals surface area (Å²) in [6.45, 7) is 0. The lowest BCUT2D eigenvalue weighted by Crippen LogP contribution is -2.26. The van der Waals surface area contributed by atoms with Crippen molar-refractivity contribution < 1.29 is 0 Å². The van der Waals surface area contributed by atoms with E-state index in [1.807, 2.05) is 0 Å². The van der Waals surface area contributed by atoms with E-state index in [0.717, 1.165) is 11.4 Å². The quantitative estimate of drug-likeness (QED) is 0.151. The van der Waals surface area contributed by atoms with Gasteiger partial charge in [-0.1, -0.05) is 218 Å². The molecule has 0 saturated heterocycles. The zero-order valence-corrected chi connectivity index (χ0v) is 44.3. The third kappa shape index (κ3) is 6.81. The van der Waals surface area contributed by atoms with Crippen molar-refractivity contribution in [3.05, 3.63) is 326 Å². The summed E-state index contributed by atoms with van der Waals surface area (Å²) in [7, 11) is 0. The highest BCUT2D eigenvalue weighted by Crippen LogP contribution is 2.63. The molecule has 2 nitrogen and oxygen atoms in total. The largest absolute Gasteiger partial charge is 0.309 e. The average Bonchev–Trinajstić information content (AvgIpc) is 2.48. The Morgan fingerprint density at radius 3 is 1.06 bits per heavy atom. The van der Waals surface area contributed by atoms with Gasteiger partial charge in [0.05, 0.1) is 27.5 Å². The van der Waals surface area contributed by atoms with Crippen molar-refractivity contribution in [2.24, 2.45) is 0 Å². The molecule has 2 aliphatic carbocycles. The lowest BCUT2D eigenvalue weighted by molar-refractivity contribution is 0.792. The number of hydrogen-bond donors (Lipinski definition) is 0. The standard InChI is InChI=1S/C79H50N2/c1-4-19-51(20-5-1)55-35-40-77-69(47-55)70-49-57(37-42-78(70)81(77)62-38-39-66-65-29-12-16-33-73(65)79(74(66)50-62)71-31-14-10-27-63(71)64-28-11-15-32-72(64)79)56-36-41-76-68(48-56)67-30-13-17-34-75(67)80(76)61-26-18-25-54(46-61)60-44-58(52-21-6-2-7-22-52)43-59(45-60)53-23-8-3-9-24-53/h1-50H. The van der Waals surface area contributed by atoms with Crippen LogP contribution >= 0.6 is 0 Å². The summed E-state index contributed by atoms with van der Waals surface area (Å²) in [6.07, 6.45) is 0. The highest BCUT2D eigenvalue weighted by molar-refractivity contribution is 6.14. The maximum Gasteiger partial charge on any atom is 0.0726 e. The lowest BCUT2D eigenvalue weighted by Gasteiger charge is -2.30. The Labute approximate surface area is 470 Å². The molecule has 2 aliphatic rings. The van der Waals surface area contributed by atoms with Gasteiger partial charge < -0.3 is 9.13 Å². The molecule has 1 spiro atoms. The molecular weight excluding hydrogens is 977 g/mol. The van der Waals surface area contributed by atoms with Gasteiger partial charge in [0.2, 0.25) is 0 Å². The predicted molar refractivity (Wildman–Crippen MR) is 339 cm³/mol. The highest BCUT2D eigenvalue weighted by atomic mass is 15.0. The van der Waals surface area contributed by atoms with E-state index in [1.54, 1.807) is 0 Å². The van der Waals surface area contributed by atoms with Crippen molar-refractivity contribution in [2.75, 3.05) is 0 Å². The molecular formula is C79H50N2. The van der Waals surface area contributed by atoms with Crippen LogP contribution in [0, 0.1) is 0 Å². The van der Waals surface area contributed by atoms with Crippen LogP contribution in [0.15, 0.2) is 303 Å². The van der Waals surface area contributed by atoms with Gasteiger partial charge in [-0.05, 0) is 185 Å². The molecule has 0 radical (unpaired) electrons. The van der Waals surface area contributed by atoms with Crippen LogP contribution in [0.4, 0.5) is 0 Å². The molecule has 0 fully saturated rings. The van der Waals surface area contributed by atoms with Gasteiger partial charge in [0, 0.05) is 32.9 Å². The molecule has 376 valence electrons. The van der Waals surface area contributed by atoms with E-state index in [9.17, 15) is 0 Å². The van der Waals surface area contributed by atoms with Crippen LogP contribution in [0.3, 0.4) is 0 Å². The van der Waals surface area contributed by atoms with Crippen LogP contribution < -0.4 is 0 Å². The van der Waals surface area contributed by atoms with Gasteiger partial charge in [-0.15, -0.1) is 0 Å². The predicted octanol–water partition coefficient (Wildman–Crippen LogP) is 20.6. The molecule has 81 heavy (non-hydrogen) atoms. The fourth-order valence-corrected chi connectivity index (χ4v) is 14.2. The molecule has 0 saturated carbocycles. The Hall–Kier alpha value is -10.5. The minimum atomic E-state index is -0.437. The van der Waals surface area contributed by atoms with Gasteiger partial charge in [0.1, 0.15) is 0 Å². The van der Waals surface area contributed by atoms with E-state index in [1.165, 1.54) is 144 Å². The number of benzene rings is 13. The normalized spacial score (nSPS) is 12.8. The van der Waals surface area contributed by atoms with Gasteiger partial charge in [0.25, 0.3) is 0 Å². The topological polar surface area (TPSA) is 9.86 Å². The van der Waals surface area contributed by atoms with Gasteiger partial charge in [-0.25, -0.2) is 0 Å². The van der Waals surface area contributed by atoms with Crippen LogP contribution in [0.1, 0.15) is 22.3 Å². The number of aromatic nitrogens is 2. The second-order valence-electron chi connectivity index (χ2n) is 21.9. The van der Waals surface area contributed by atoms with E-state index in [-0.39, 0.29) is 0 Å². The molecule has 0 amide bonds. The van der Waals surface area contributed by atoms with E-state index >= 15 is 0 Å². The molecule has 0 N–H and O–H groups in total. The summed E-state index contributed by atoms with van der Waals surface area (Å²) in [5.41, 5.74) is 29.1. The second-order valence-corrected chi connectivity index (χ2v) is 21.9. The fourth-order valence-electron chi connectivity index (χ4n) is 14.2. The van der Waals surface area contributed by atoms with Crippen molar-refractivity contribution in [1.29, 1.82) is 0 Å². The molecule has 13 aromatic carbocycles. The Morgan fingerprint density at radius 2 is 0.543 bits per heavy atom. The summed E-state index contributed by atoms with van der Waals surface area (Å²) >= 11 is 0. The first-order valence-corrected chi connectivity index (χ1v) is 28.1. The van der Waals surface area contributed by atoms with E-state index in [2.05, 4.69) is 312 Å². The van der Waals surface area contributed by atoms with Crippen molar-refractivity contribution in [1.82, 2.24) is 9.13 Å². The first-order chi connectivity index (χ1) is 40.2. The van der Waals surface area contributed by atoms with E-state index in [4.69, 9.17) is 0 Å². The van der Waals surface area contributed by atoms with E-state index < -0.39 is 5.41 Å². The minimum absolute atomic E-state index is 0.437. The molecule has 2 heteroatoms. The van der Waals surface area contributed by atoms with Gasteiger partial charge in [-0.3, -0.25) is 0 Å². The minimum Gasteiger partial charge on any atom is -0.309 e. The number of fused-ring (bicyclic) bond motifs is 16. The zero-order chi connectivity index (χ0) is 53.2. The molecule has 0 atom stereocenters. The Balaban J connectivity index is 0.821. The molecule has 0 aliphatic heterocycles. The average molecular weight is 1030 g/mol. The SMILES string of the molecule is c1ccc(-c2cc(-c3ccccc3)cc(-c3cccc(-n4c5ccccc5c5cc(-c6ccc7c(c6)c6cc(-c8ccccc8)ccc6n7-c6ccc7c(c6)C6(c8ccccc8-c8ccccc86)c6ccccc6-7)ccc54)c3)c2)cc1. The third-order valence-corrected chi connectivity index (χ3v) is 17.7. The Morgan fingerprint density at radius 1 is 0.185 bits per heavy atom. The van der Waals surface area contributed by atoms with Crippen LogP contribution in [0.2, 0.25) is 0 Å². The molecule has 2 heterocycles. The monoisotopic (exact) mass is 1030 g/mol. The van der Waals surface area contributed by atoms with Crippen LogP contribution in [-0.4, -0.2) is 9.13 Å². The molecule has 0 bridgehead atoms. The van der Waals surface area contributed by atoms with Crippen LogP contribution in [0.5, 0.6) is 0 Å². The smallest absolute Gasteiger partial charge is 0.0726 e. The summed E-state index contributed by atoms with van der Waals surface area (Å²) in [6, 6.07) is 113. The fraction of sp³-hybridized carbons (Fsp3) is 0.0127. The van der Waals surface area contributed by atoms with Crippen molar-refractivity contribution in [2.45, 2.75) is 5.41 Å². The summed E-state index contributed by atoms with van der Waals surface area (Å²) in [4.78, 5) is 0. The van der Waals surface area contributed by atoms with Crippen molar-refractivity contribution >= 4 is 43.6 Å². The third-order valence-electron chi connectivity index (χ3n) is 17.7. The number of nitrogens with zero attached hydrogens (tertiary/aromatic N) is 2.